The number of carboxylic acid groups (broad SMARTS) is 1. The Balaban J connectivity index is 0.000000136. The van der Waals surface area contributed by atoms with Crippen molar-refractivity contribution in [1.29, 1.82) is 0 Å². The SMILES string of the molecule is CP(=O)(Oc1ccccc1)Oc1ccccc1.Nc1cc(-c2ccccn2)nc2ccncc12.O=C(O)c1cc(-c2ccccn2)nc2ccncc12. The van der Waals surface area contributed by atoms with Crippen LogP contribution in [0.25, 0.3) is 44.6 Å². The van der Waals surface area contributed by atoms with Crippen molar-refractivity contribution in [2.75, 3.05) is 12.4 Å². The van der Waals surface area contributed by atoms with Gasteiger partial charge in [-0.3, -0.25) is 19.9 Å². The van der Waals surface area contributed by atoms with Crippen LogP contribution < -0.4 is 14.8 Å². The molecule has 0 bridgehead atoms. The Morgan fingerprint density at radius 2 is 1.08 bits per heavy atom. The second-order valence-electron chi connectivity index (χ2n) is 11.3. The van der Waals surface area contributed by atoms with Gasteiger partial charge in [-0.15, -0.1) is 0 Å². The number of rotatable bonds is 7. The summed E-state index contributed by atoms with van der Waals surface area (Å²) in [7, 11) is -3.14. The number of hydrogen-bond acceptors (Lipinski definition) is 11. The lowest BCUT2D eigenvalue weighted by Crippen LogP contribution is -2.01. The molecule has 3 N–H and O–H groups in total. The number of hydrogen-bond donors (Lipinski definition) is 2. The van der Waals surface area contributed by atoms with Crippen LogP contribution in [0.5, 0.6) is 11.5 Å². The average molecular weight is 722 g/mol. The zero-order valence-electron chi connectivity index (χ0n) is 28.3. The van der Waals surface area contributed by atoms with Crippen molar-refractivity contribution < 1.29 is 23.5 Å². The number of nitrogens with two attached hydrogens (primary N) is 1. The van der Waals surface area contributed by atoms with E-state index in [9.17, 15) is 14.5 Å². The predicted molar refractivity (Wildman–Crippen MR) is 205 cm³/mol. The number of nitrogen functional groups attached to an aromatic ring is 1. The van der Waals surface area contributed by atoms with E-state index in [2.05, 4.69) is 29.9 Å². The van der Waals surface area contributed by atoms with E-state index >= 15 is 0 Å². The Morgan fingerprint density at radius 3 is 1.57 bits per heavy atom. The molecule has 8 aromatic rings. The second-order valence-corrected chi connectivity index (χ2v) is 13.2. The highest BCUT2D eigenvalue weighted by Crippen LogP contribution is 2.44. The van der Waals surface area contributed by atoms with E-state index in [0.717, 1.165) is 22.3 Å². The van der Waals surface area contributed by atoms with Crippen molar-refractivity contribution >= 4 is 41.1 Å². The van der Waals surface area contributed by atoms with Gasteiger partial charge in [-0.1, -0.05) is 48.5 Å². The topological polar surface area (TPSA) is 176 Å². The highest BCUT2D eigenvalue weighted by atomic mass is 31.2. The van der Waals surface area contributed by atoms with Crippen LogP contribution in [0.1, 0.15) is 10.4 Å². The second kappa shape index (κ2) is 16.8. The molecule has 0 saturated carbocycles. The highest BCUT2D eigenvalue weighted by Gasteiger charge is 2.20. The maximum absolute atomic E-state index is 12.1. The van der Waals surface area contributed by atoms with Crippen molar-refractivity contribution in [2.24, 2.45) is 0 Å². The van der Waals surface area contributed by atoms with Gasteiger partial charge in [0.2, 0.25) is 0 Å². The smallest absolute Gasteiger partial charge is 0.427 e. The molecule has 0 amide bonds. The number of pyridine rings is 6. The Morgan fingerprint density at radius 1 is 0.604 bits per heavy atom. The molecule has 0 saturated heterocycles. The molecule has 8 rings (SSSR count). The average Bonchev–Trinajstić information content (AvgIpc) is 3.19. The number of benzene rings is 2. The van der Waals surface area contributed by atoms with Crippen molar-refractivity contribution in [3.63, 3.8) is 0 Å². The largest absolute Gasteiger partial charge is 0.478 e. The number of fused-ring (bicyclic) bond motifs is 2. The van der Waals surface area contributed by atoms with E-state index in [1.807, 2.05) is 72.8 Å². The number of aromatic carboxylic acids is 1. The first-order chi connectivity index (χ1) is 25.8. The van der Waals surface area contributed by atoms with Crippen LogP contribution in [-0.4, -0.2) is 47.6 Å². The van der Waals surface area contributed by atoms with Crippen LogP contribution in [0, 0.1) is 0 Å². The molecule has 12 nitrogen and oxygen atoms in total. The van der Waals surface area contributed by atoms with E-state index in [1.54, 1.807) is 73.4 Å². The highest BCUT2D eigenvalue weighted by molar-refractivity contribution is 7.53. The van der Waals surface area contributed by atoms with E-state index < -0.39 is 13.6 Å². The molecule has 0 aliphatic carbocycles. The lowest BCUT2D eigenvalue weighted by molar-refractivity contribution is 0.0699. The van der Waals surface area contributed by atoms with Gasteiger partial charge in [-0.25, -0.2) is 19.3 Å². The molecule has 262 valence electrons. The predicted octanol–water partition coefficient (Wildman–Crippen LogP) is 8.63. The molecule has 0 radical (unpaired) electrons. The number of aromatic nitrogens is 6. The molecule has 0 aliphatic rings. The monoisotopic (exact) mass is 721 g/mol. The molecule has 2 aromatic carbocycles. The van der Waals surface area contributed by atoms with Gasteiger partial charge in [-0.2, -0.15) is 0 Å². The van der Waals surface area contributed by atoms with E-state index in [4.69, 9.17) is 14.8 Å². The van der Waals surface area contributed by atoms with Crippen molar-refractivity contribution in [3.8, 4) is 34.3 Å². The number of para-hydroxylation sites is 2. The summed E-state index contributed by atoms with van der Waals surface area (Å²) in [4.78, 5) is 36.7. The molecule has 0 spiro atoms. The molecule has 6 heterocycles. The first-order valence-electron chi connectivity index (χ1n) is 16.1. The van der Waals surface area contributed by atoms with Crippen molar-refractivity contribution in [1.82, 2.24) is 29.9 Å². The summed E-state index contributed by atoms with van der Waals surface area (Å²) in [5, 5.41) is 10.7. The number of nitrogens with zero attached hydrogens (tertiary/aromatic N) is 6. The van der Waals surface area contributed by atoms with Crippen molar-refractivity contribution in [3.05, 3.63) is 164 Å². The minimum atomic E-state index is -3.14. The van der Waals surface area contributed by atoms with Gasteiger partial charge in [-0.05, 0) is 72.8 Å². The van der Waals surface area contributed by atoms with Crippen LogP contribution in [0.2, 0.25) is 0 Å². The number of carboxylic acids is 1. The Hall–Kier alpha value is -7.04. The molecule has 0 fully saturated rings. The number of carbonyl (C=O) groups is 1. The van der Waals surface area contributed by atoms with Crippen LogP contribution >= 0.6 is 7.60 Å². The third-order valence-corrected chi connectivity index (χ3v) is 8.45. The molecule has 6 aromatic heterocycles. The standard InChI is InChI=1S/C14H9N3O2.C13H10N4.C13H13O3P/c18-14(19)9-7-13(12-3-1-2-5-16-12)17-11-4-6-15-8-10(9)11;14-10-7-13(12-3-1-2-5-16-12)17-11-4-6-15-8-9(10)11;1-17(14,15-12-8-4-2-5-9-12)16-13-10-6-3-7-11-13/h1-8H,(H,18,19);1-8H,(H2,14,17);2-11H,1H3. The third kappa shape index (κ3) is 9.60. The van der Waals surface area contributed by atoms with E-state index in [1.165, 1.54) is 18.9 Å². The van der Waals surface area contributed by atoms with Gasteiger partial charge < -0.3 is 19.9 Å². The Kier molecular flexibility index (Phi) is 11.3. The quantitative estimate of drug-likeness (QED) is 0.150. The molecule has 0 atom stereocenters. The van der Waals surface area contributed by atoms with Crippen LogP contribution in [0.4, 0.5) is 5.69 Å². The van der Waals surface area contributed by atoms with Gasteiger partial charge in [0.15, 0.2) is 0 Å². The summed E-state index contributed by atoms with van der Waals surface area (Å²) >= 11 is 0. The Bertz CT molecular complexity index is 2450. The van der Waals surface area contributed by atoms with Gasteiger partial charge in [0, 0.05) is 53.6 Å². The summed E-state index contributed by atoms with van der Waals surface area (Å²) in [6.45, 7) is 1.45. The summed E-state index contributed by atoms with van der Waals surface area (Å²) in [5.74, 6) is 0.0705. The molecular formula is C40H32N7O5P. The summed E-state index contributed by atoms with van der Waals surface area (Å²) < 4.78 is 22.8. The fraction of sp³-hybridized carbons (Fsp3) is 0.0250. The first-order valence-corrected chi connectivity index (χ1v) is 18.1. The Labute approximate surface area is 304 Å². The normalized spacial score (nSPS) is 10.7. The zero-order valence-corrected chi connectivity index (χ0v) is 29.2. The molecule has 0 unspecified atom stereocenters. The van der Waals surface area contributed by atoms with Crippen LogP contribution in [-0.2, 0) is 4.57 Å². The van der Waals surface area contributed by atoms with E-state index in [0.29, 0.717) is 39.5 Å². The molecule has 53 heavy (non-hydrogen) atoms. The van der Waals surface area contributed by atoms with Gasteiger partial charge in [0.1, 0.15) is 11.5 Å². The molecular weight excluding hydrogens is 689 g/mol. The lowest BCUT2D eigenvalue weighted by atomic mass is 10.1. The van der Waals surface area contributed by atoms with Crippen LogP contribution in [0.15, 0.2) is 159 Å². The lowest BCUT2D eigenvalue weighted by Gasteiger charge is -2.15. The maximum atomic E-state index is 12.1. The first kappa shape index (κ1) is 35.8. The van der Waals surface area contributed by atoms with Crippen molar-refractivity contribution in [2.45, 2.75) is 0 Å². The summed E-state index contributed by atoms with van der Waals surface area (Å²) in [6.07, 6.45) is 9.91. The van der Waals surface area contributed by atoms with Gasteiger partial charge >= 0.3 is 13.6 Å². The summed E-state index contributed by atoms with van der Waals surface area (Å²) in [6, 6.07) is 36.0. The minimum absolute atomic E-state index is 0.179. The third-order valence-electron chi connectivity index (χ3n) is 7.37. The molecule has 0 aliphatic heterocycles. The number of anilines is 1. The van der Waals surface area contributed by atoms with E-state index in [-0.39, 0.29) is 5.56 Å². The minimum Gasteiger partial charge on any atom is -0.478 e. The molecule has 13 heteroatoms. The zero-order chi connectivity index (χ0) is 37.0. The van der Waals surface area contributed by atoms with Crippen LogP contribution in [0.3, 0.4) is 0 Å². The fourth-order valence-electron chi connectivity index (χ4n) is 4.99. The van der Waals surface area contributed by atoms with Gasteiger partial charge in [0.25, 0.3) is 0 Å². The van der Waals surface area contributed by atoms with Gasteiger partial charge in [0.05, 0.1) is 46.0 Å². The summed E-state index contributed by atoms with van der Waals surface area (Å²) in [5.41, 5.74) is 11.0. The maximum Gasteiger partial charge on any atom is 0.427 e. The fourth-order valence-corrected chi connectivity index (χ4v) is 6.04.